The number of rotatable bonds is 5. The second-order valence-corrected chi connectivity index (χ2v) is 4.99. The number of halogens is 3. The van der Waals surface area contributed by atoms with Gasteiger partial charge in [0.05, 0.1) is 6.61 Å². The van der Waals surface area contributed by atoms with E-state index >= 15 is 0 Å². The predicted octanol–water partition coefficient (Wildman–Crippen LogP) is 4.94. The third-order valence-corrected chi connectivity index (χ3v) is 3.33. The van der Waals surface area contributed by atoms with Gasteiger partial charge < -0.3 is 4.74 Å². The lowest BCUT2D eigenvalue weighted by Crippen LogP contribution is -2.02. The van der Waals surface area contributed by atoms with Crippen molar-refractivity contribution in [2.45, 2.75) is 19.8 Å². The minimum Gasteiger partial charge on any atom is -0.489 e. The molecular weight excluding hydrogens is 282 g/mol. The highest BCUT2D eigenvalue weighted by atomic mass is 35.5. The largest absolute Gasteiger partial charge is 0.489 e. The van der Waals surface area contributed by atoms with Crippen LogP contribution in [0.3, 0.4) is 0 Å². The van der Waals surface area contributed by atoms with Gasteiger partial charge in [0.15, 0.2) is 11.6 Å². The molecule has 1 nitrogen and oxygen atoms in total. The molecule has 0 aromatic heterocycles. The number of aryl methyl sites for hydroxylation is 2. The Morgan fingerprint density at radius 3 is 2.35 bits per heavy atom. The van der Waals surface area contributed by atoms with Crippen molar-refractivity contribution < 1.29 is 13.5 Å². The molecule has 0 atom stereocenters. The SMILES string of the molecule is Cc1ccc(CCCOc2c(F)ccc(F)c2Cl)cc1. The molecular formula is C16H15ClF2O. The van der Waals surface area contributed by atoms with Gasteiger partial charge in [0.2, 0.25) is 0 Å². The summed E-state index contributed by atoms with van der Waals surface area (Å²) in [6.07, 6.45) is 1.52. The Balaban J connectivity index is 1.87. The summed E-state index contributed by atoms with van der Waals surface area (Å²) in [6, 6.07) is 10.2. The molecule has 0 aliphatic carbocycles. The maximum Gasteiger partial charge on any atom is 0.176 e. The van der Waals surface area contributed by atoms with Crippen LogP contribution in [0.25, 0.3) is 0 Å². The van der Waals surface area contributed by atoms with E-state index in [1.807, 2.05) is 31.2 Å². The molecule has 0 amide bonds. The molecule has 0 spiro atoms. The minimum absolute atomic E-state index is 0.212. The summed E-state index contributed by atoms with van der Waals surface area (Å²) in [4.78, 5) is 0. The van der Waals surface area contributed by atoms with Crippen LogP contribution in [0.2, 0.25) is 5.02 Å². The van der Waals surface area contributed by atoms with Gasteiger partial charge in [-0.3, -0.25) is 0 Å². The van der Waals surface area contributed by atoms with Crippen LogP contribution in [0.15, 0.2) is 36.4 Å². The highest BCUT2D eigenvalue weighted by Crippen LogP contribution is 2.30. The van der Waals surface area contributed by atoms with Gasteiger partial charge in [0.1, 0.15) is 10.8 Å². The van der Waals surface area contributed by atoms with Gasteiger partial charge in [0.25, 0.3) is 0 Å². The third-order valence-electron chi connectivity index (χ3n) is 2.98. The fraction of sp³-hybridized carbons (Fsp3) is 0.250. The summed E-state index contributed by atoms with van der Waals surface area (Å²) in [5.74, 6) is -1.54. The second-order valence-electron chi connectivity index (χ2n) is 4.61. The average Bonchev–Trinajstić information content (AvgIpc) is 2.44. The first-order valence-electron chi connectivity index (χ1n) is 6.40. The first-order valence-corrected chi connectivity index (χ1v) is 6.77. The van der Waals surface area contributed by atoms with E-state index in [4.69, 9.17) is 16.3 Å². The minimum atomic E-state index is -0.679. The quantitative estimate of drug-likeness (QED) is 0.561. The molecule has 0 radical (unpaired) electrons. The Hall–Kier alpha value is -1.61. The third kappa shape index (κ3) is 3.70. The van der Waals surface area contributed by atoms with Gasteiger partial charge in [-0.05, 0) is 37.5 Å². The van der Waals surface area contributed by atoms with E-state index in [9.17, 15) is 8.78 Å². The summed E-state index contributed by atoms with van der Waals surface area (Å²) < 4.78 is 31.9. The molecule has 0 N–H and O–H groups in total. The summed E-state index contributed by atoms with van der Waals surface area (Å²) >= 11 is 5.67. The van der Waals surface area contributed by atoms with Gasteiger partial charge in [-0.25, -0.2) is 8.78 Å². The molecule has 20 heavy (non-hydrogen) atoms. The summed E-state index contributed by atoms with van der Waals surface area (Å²) in [6.45, 7) is 2.32. The smallest absolute Gasteiger partial charge is 0.176 e. The molecule has 2 aromatic carbocycles. The summed E-state index contributed by atoms with van der Waals surface area (Å²) in [7, 11) is 0. The van der Waals surface area contributed by atoms with Crippen molar-refractivity contribution in [2.75, 3.05) is 6.61 Å². The van der Waals surface area contributed by atoms with Crippen molar-refractivity contribution in [3.05, 3.63) is 64.2 Å². The topological polar surface area (TPSA) is 9.23 Å². The van der Waals surface area contributed by atoms with E-state index in [0.717, 1.165) is 18.6 Å². The standard InChI is InChI=1S/C16H15ClF2O/c1-11-4-6-12(7-5-11)3-2-10-20-16-14(19)9-8-13(18)15(16)17/h4-9H,2-3,10H2,1H3. The fourth-order valence-electron chi connectivity index (χ4n) is 1.85. The molecule has 0 unspecified atom stereocenters. The molecule has 2 rings (SSSR count). The molecule has 0 heterocycles. The molecule has 0 bridgehead atoms. The Bertz CT molecular complexity index is 582. The van der Waals surface area contributed by atoms with E-state index in [2.05, 4.69) is 0 Å². The normalized spacial score (nSPS) is 10.6. The summed E-state index contributed by atoms with van der Waals surface area (Å²) in [5.41, 5.74) is 2.39. The first-order chi connectivity index (χ1) is 9.58. The highest BCUT2D eigenvalue weighted by molar-refractivity contribution is 6.32. The van der Waals surface area contributed by atoms with Crippen molar-refractivity contribution >= 4 is 11.6 Å². The second kappa shape index (κ2) is 6.71. The van der Waals surface area contributed by atoms with Crippen molar-refractivity contribution in [2.24, 2.45) is 0 Å². The monoisotopic (exact) mass is 296 g/mol. The van der Waals surface area contributed by atoms with Crippen molar-refractivity contribution in [3.8, 4) is 5.75 Å². The van der Waals surface area contributed by atoms with E-state index in [0.29, 0.717) is 6.42 Å². The first kappa shape index (κ1) is 14.8. The van der Waals surface area contributed by atoms with Gasteiger partial charge in [-0.2, -0.15) is 0 Å². The number of hydrogen-bond acceptors (Lipinski definition) is 1. The van der Waals surface area contributed by atoms with Crippen molar-refractivity contribution in [1.29, 1.82) is 0 Å². The van der Waals surface area contributed by atoms with Crippen molar-refractivity contribution in [3.63, 3.8) is 0 Å². The average molecular weight is 297 g/mol. The van der Waals surface area contributed by atoms with E-state index in [-0.39, 0.29) is 17.4 Å². The maximum atomic E-state index is 13.4. The van der Waals surface area contributed by atoms with Crippen LogP contribution in [0, 0.1) is 18.6 Å². The van der Waals surface area contributed by atoms with Crippen LogP contribution >= 0.6 is 11.6 Å². The Kier molecular flexibility index (Phi) is 4.96. The Labute approximate surface area is 122 Å². The zero-order valence-corrected chi connectivity index (χ0v) is 11.9. The summed E-state index contributed by atoms with van der Waals surface area (Å²) in [5, 5.41) is -0.305. The molecule has 2 aromatic rings. The van der Waals surface area contributed by atoms with E-state index in [1.165, 1.54) is 11.1 Å². The highest BCUT2D eigenvalue weighted by Gasteiger charge is 2.13. The van der Waals surface area contributed by atoms with E-state index < -0.39 is 11.6 Å². The van der Waals surface area contributed by atoms with Crippen LogP contribution in [-0.2, 0) is 6.42 Å². The fourth-order valence-corrected chi connectivity index (χ4v) is 2.05. The van der Waals surface area contributed by atoms with Crippen LogP contribution in [0.1, 0.15) is 17.5 Å². The molecule has 0 saturated carbocycles. The maximum absolute atomic E-state index is 13.4. The van der Waals surface area contributed by atoms with Gasteiger partial charge >= 0.3 is 0 Å². The molecule has 0 fully saturated rings. The van der Waals surface area contributed by atoms with E-state index in [1.54, 1.807) is 0 Å². The predicted molar refractivity (Wildman–Crippen MR) is 76.4 cm³/mol. The van der Waals surface area contributed by atoms with Crippen LogP contribution in [0.5, 0.6) is 5.75 Å². The van der Waals surface area contributed by atoms with Gasteiger partial charge in [-0.15, -0.1) is 0 Å². The Morgan fingerprint density at radius 2 is 1.65 bits per heavy atom. The van der Waals surface area contributed by atoms with Gasteiger partial charge in [0, 0.05) is 0 Å². The van der Waals surface area contributed by atoms with Crippen molar-refractivity contribution in [1.82, 2.24) is 0 Å². The molecule has 0 aliphatic heterocycles. The van der Waals surface area contributed by atoms with Crippen LogP contribution in [-0.4, -0.2) is 6.61 Å². The lowest BCUT2D eigenvalue weighted by atomic mass is 10.1. The lowest BCUT2D eigenvalue weighted by molar-refractivity contribution is 0.294. The lowest BCUT2D eigenvalue weighted by Gasteiger charge is -2.09. The van der Waals surface area contributed by atoms with Gasteiger partial charge in [-0.1, -0.05) is 41.4 Å². The van der Waals surface area contributed by atoms with Crippen LogP contribution in [0.4, 0.5) is 8.78 Å². The number of ether oxygens (including phenoxy) is 1. The Morgan fingerprint density at radius 1 is 1.00 bits per heavy atom. The number of benzene rings is 2. The number of hydrogen-bond donors (Lipinski definition) is 0. The van der Waals surface area contributed by atoms with Crippen LogP contribution < -0.4 is 4.74 Å². The zero-order chi connectivity index (χ0) is 14.5. The zero-order valence-electron chi connectivity index (χ0n) is 11.1. The molecule has 0 aliphatic rings. The molecule has 0 saturated heterocycles. The molecule has 106 valence electrons. The molecule has 4 heteroatoms.